The van der Waals surface area contributed by atoms with Gasteiger partial charge in [0.25, 0.3) is 0 Å². The van der Waals surface area contributed by atoms with Crippen LogP contribution in [0.1, 0.15) is 38.2 Å². The molecule has 15 heavy (non-hydrogen) atoms. The van der Waals surface area contributed by atoms with E-state index in [1.165, 1.54) is 12.5 Å². The Morgan fingerprint density at radius 2 is 2.00 bits per heavy atom. The van der Waals surface area contributed by atoms with E-state index in [4.69, 9.17) is 11.6 Å². The largest absolute Gasteiger partial charge is 0.506 e. The summed E-state index contributed by atoms with van der Waals surface area (Å²) in [5.74, 6) is -0.363. The van der Waals surface area contributed by atoms with Crippen LogP contribution in [0.3, 0.4) is 0 Å². The second-order valence-corrected chi connectivity index (χ2v) is 4.11. The molecule has 0 amide bonds. The van der Waals surface area contributed by atoms with E-state index >= 15 is 0 Å². The molecule has 0 saturated heterocycles. The van der Waals surface area contributed by atoms with Gasteiger partial charge in [0.1, 0.15) is 11.6 Å². The Bertz CT molecular complexity index is 326. The van der Waals surface area contributed by atoms with Crippen LogP contribution in [0.2, 0.25) is 5.02 Å². The second kappa shape index (κ2) is 5.96. The van der Waals surface area contributed by atoms with Crippen LogP contribution in [-0.2, 0) is 6.42 Å². The van der Waals surface area contributed by atoms with Gasteiger partial charge in [-0.15, -0.1) is 0 Å². The lowest BCUT2D eigenvalue weighted by Gasteiger charge is -2.06. The third-order valence-electron chi connectivity index (χ3n) is 2.41. The highest BCUT2D eigenvalue weighted by Gasteiger charge is 2.07. The monoisotopic (exact) mass is 230 g/mol. The second-order valence-electron chi connectivity index (χ2n) is 3.71. The molecule has 0 radical (unpaired) electrons. The predicted molar refractivity (Wildman–Crippen MR) is 60.9 cm³/mol. The van der Waals surface area contributed by atoms with Gasteiger partial charge in [0.05, 0.1) is 5.02 Å². The van der Waals surface area contributed by atoms with Gasteiger partial charge < -0.3 is 5.11 Å². The number of phenolic OH excluding ortho intramolecular Hbond substituents is 1. The summed E-state index contributed by atoms with van der Waals surface area (Å²) < 4.78 is 13.0. The van der Waals surface area contributed by atoms with Gasteiger partial charge >= 0.3 is 0 Å². The number of aromatic hydroxyl groups is 1. The van der Waals surface area contributed by atoms with Gasteiger partial charge in [-0.1, -0.05) is 37.8 Å². The van der Waals surface area contributed by atoms with Gasteiger partial charge in [0.2, 0.25) is 0 Å². The van der Waals surface area contributed by atoms with Gasteiger partial charge in [-0.25, -0.2) is 4.39 Å². The average molecular weight is 231 g/mol. The van der Waals surface area contributed by atoms with Crippen molar-refractivity contribution in [1.82, 2.24) is 0 Å². The first-order valence-electron chi connectivity index (χ1n) is 5.32. The highest BCUT2D eigenvalue weighted by Crippen LogP contribution is 2.29. The fourth-order valence-corrected chi connectivity index (χ4v) is 1.78. The molecular formula is C12H16ClFO. The minimum Gasteiger partial charge on any atom is -0.506 e. The summed E-state index contributed by atoms with van der Waals surface area (Å²) in [6.07, 6.45) is 5.08. The maximum absolute atomic E-state index is 13.0. The van der Waals surface area contributed by atoms with E-state index in [0.717, 1.165) is 25.3 Å². The molecule has 0 bridgehead atoms. The molecule has 0 atom stereocenters. The molecule has 0 fully saturated rings. The fourth-order valence-electron chi connectivity index (χ4n) is 1.55. The summed E-state index contributed by atoms with van der Waals surface area (Å²) in [6.45, 7) is 2.14. The Morgan fingerprint density at radius 3 is 2.67 bits per heavy atom. The van der Waals surface area contributed by atoms with Gasteiger partial charge in [-0.05, 0) is 30.5 Å². The number of phenols is 1. The van der Waals surface area contributed by atoms with E-state index in [9.17, 15) is 9.50 Å². The molecule has 0 saturated carbocycles. The van der Waals surface area contributed by atoms with Gasteiger partial charge in [-0.2, -0.15) is 0 Å². The Balaban J connectivity index is 2.60. The highest BCUT2D eigenvalue weighted by molar-refractivity contribution is 6.32. The zero-order valence-electron chi connectivity index (χ0n) is 8.89. The number of aryl methyl sites for hydroxylation is 1. The standard InChI is InChI=1S/C12H16ClFO/c1-2-3-4-5-6-9-7-10(14)8-11(13)12(9)15/h7-8,15H,2-6H2,1H3. The molecule has 0 aromatic heterocycles. The molecular weight excluding hydrogens is 215 g/mol. The molecule has 0 heterocycles. The number of hydrogen-bond donors (Lipinski definition) is 1. The Labute approximate surface area is 94.9 Å². The van der Waals surface area contributed by atoms with Gasteiger partial charge in [0, 0.05) is 0 Å². The minimum atomic E-state index is -0.386. The summed E-state index contributed by atoms with van der Waals surface area (Å²) >= 11 is 5.67. The zero-order chi connectivity index (χ0) is 11.3. The Kier molecular flexibility index (Phi) is 4.89. The third kappa shape index (κ3) is 3.71. The fraction of sp³-hybridized carbons (Fsp3) is 0.500. The first kappa shape index (κ1) is 12.3. The summed E-state index contributed by atoms with van der Waals surface area (Å²) in [7, 11) is 0. The number of benzene rings is 1. The molecule has 84 valence electrons. The lowest BCUT2D eigenvalue weighted by molar-refractivity contribution is 0.463. The smallest absolute Gasteiger partial charge is 0.137 e. The molecule has 0 aliphatic carbocycles. The molecule has 0 spiro atoms. The summed E-state index contributed by atoms with van der Waals surface area (Å²) in [6, 6.07) is 2.49. The molecule has 0 unspecified atom stereocenters. The number of unbranched alkanes of at least 4 members (excludes halogenated alkanes) is 3. The van der Waals surface area contributed by atoms with Crippen molar-refractivity contribution in [2.45, 2.75) is 39.0 Å². The first-order chi connectivity index (χ1) is 7.15. The first-order valence-corrected chi connectivity index (χ1v) is 5.69. The van der Waals surface area contributed by atoms with Crippen LogP contribution < -0.4 is 0 Å². The van der Waals surface area contributed by atoms with Crippen LogP contribution in [-0.4, -0.2) is 5.11 Å². The van der Waals surface area contributed by atoms with Crippen LogP contribution in [0.25, 0.3) is 0 Å². The van der Waals surface area contributed by atoms with Crippen molar-refractivity contribution >= 4 is 11.6 Å². The van der Waals surface area contributed by atoms with Crippen molar-refractivity contribution in [3.05, 3.63) is 28.5 Å². The minimum absolute atomic E-state index is 0.0227. The molecule has 1 nitrogen and oxygen atoms in total. The van der Waals surface area contributed by atoms with E-state index in [0.29, 0.717) is 12.0 Å². The van der Waals surface area contributed by atoms with E-state index in [1.54, 1.807) is 0 Å². The summed E-state index contributed by atoms with van der Waals surface area (Å²) in [4.78, 5) is 0. The van der Waals surface area contributed by atoms with Crippen LogP contribution in [0.5, 0.6) is 5.75 Å². The van der Waals surface area contributed by atoms with Crippen molar-refractivity contribution in [1.29, 1.82) is 0 Å². The van der Waals surface area contributed by atoms with Crippen LogP contribution >= 0.6 is 11.6 Å². The van der Waals surface area contributed by atoms with Crippen LogP contribution in [0.4, 0.5) is 4.39 Å². The zero-order valence-corrected chi connectivity index (χ0v) is 9.65. The number of halogens is 2. The average Bonchev–Trinajstić information content (AvgIpc) is 2.19. The molecule has 0 aliphatic heterocycles. The molecule has 3 heteroatoms. The topological polar surface area (TPSA) is 20.2 Å². The van der Waals surface area contributed by atoms with Crippen molar-refractivity contribution in [3.63, 3.8) is 0 Å². The molecule has 1 aromatic rings. The molecule has 1 N–H and O–H groups in total. The van der Waals surface area contributed by atoms with E-state index in [2.05, 4.69) is 6.92 Å². The van der Waals surface area contributed by atoms with Crippen LogP contribution in [0, 0.1) is 5.82 Å². The molecule has 1 aromatic carbocycles. The summed E-state index contributed by atoms with van der Waals surface area (Å²) in [5.41, 5.74) is 0.608. The van der Waals surface area contributed by atoms with E-state index in [-0.39, 0.29) is 16.6 Å². The number of hydrogen-bond acceptors (Lipinski definition) is 1. The highest BCUT2D eigenvalue weighted by atomic mass is 35.5. The quantitative estimate of drug-likeness (QED) is 0.748. The molecule has 0 aliphatic rings. The van der Waals surface area contributed by atoms with Gasteiger partial charge in [-0.3, -0.25) is 0 Å². The SMILES string of the molecule is CCCCCCc1cc(F)cc(Cl)c1O. The van der Waals surface area contributed by atoms with Crippen molar-refractivity contribution in [3.8, 4) is 5.75 Å². The van der Waals surface area contributed by atoms with Crippen molar-refractivity contribution < 1.29 is 9.50 Å². The summed E-state index contributed by atoms with van der Waals surface area (Å²) in [5, 5.41) is 9.68. The van der Waals surface area contributed by atoms with E-state index < -0.39 is 0 Å². The van der Waals surface area contributed by atoms with Crippen molar-refractivity contribution in [2.75, 3.05) is 0 Å². The normalized spacial score (nSPS) is 10.6. The van der Waals surface area contributed by atoms with Crippen molar-refractivity contribution in [2.24, 2.45) is 0 Å². The predicted octanol–water partition coefficient (Wildman–Crippen LogP) is 4.31. The number of rotatable bonds is 5. The lowest BCUT2D eigenvalue weighted by atomic mass is 10.1. The maximum atomic E-state index is 13.0. The Hall–Kier alpha value is -0.760. The van der Waals surface area contributed by atoms with E-state index in [1.807, 2.05) is 0 Å². The van der Waals surface area contributed by atoms with Gasteiger partial charge in [0.15, 0.2) is 0 Å². The Morgan fingerprint density at radius 1 is 1.27 bits per heavy atom. The third-order valence-corrected chi connectivity index (χ3v) is 2.69. The lowest BCUT2D eigenvalue weighted by Crippen LogP contribution is -1.89. The van der Waals surface area contributed by atoms with Crippen LogP contribution in [0.15, 0.2) is 12.1 Å². The molecule has 1 rings (SSSR count). The maximum Gasteiger partial charge on any atom is 0.137 e.